The second kappa shape index (κ2) is 93.6. The molecule has 6 heteroatoms. The molecule has 0 aromatic rings. The molecular weight excluding hydrogens is 159 g/mol. The van der Waals surface area contributed by atoms with Crippen LogP contribution in [0.3, 0.4) is 0 Å². The first-order valence-electron chi connectivity index (χ1n) is 0.943. The van der Waals surface area contributed by atoms with Gasteiger partial charge in [-0.05, 0) is 0 Å². The van der Waals surface area contributed by atoms with Gasteiger partial charge in [-0.2, -0.15) is 0 Å². The van der Waals surface area contributed by atoms with Crippen LogP contribution in [-0.4, -0.2) is 18.4 Å². The molecule has 0 aliphatic heterocycles. The molecule has 49 valence electrons. The summed E-state index contributed by atoms with van der Waals surface area (Å²) in [6.45, 7) is -1.00. The van der Waals surface area contributed by atoms with Gasteiger partial charge in [0, 0.05) is 12.9 Å². The molecule has 0 amide bonds. The maximum Gasteiger partial charge on any atom is 2.00 e. The van der Waals surface area contributed by atoms with E-state index in [0.717, 1.165) is 0 Å². The van der Waals surface area contributed by atoms with Gasteiger partial charge in [0.05, 0.1) is 0 Å². The van der Waals surface area contributed by atoms with Gasteiger partial charge >= 0.3 is 17.1 Å². The van der Waals surface area contributed by atoms with E-state index in [1.54, 1.807) is 0 Å². The molecule has 0 fully saturated rings. The van der Waals surface area contributed by atoms with Gasteiger partial charge in [-0.3, -0.25) is 0 Å². The van der Waals surface area contributed by atoms with Crippen LogP contribution >= 0.6 is 0 Å². The molecule has 8 heavy (non-hydrogen) atoms. The smallest absolute Gasteiger partial charge is 0.554 e. The first-order chi connectivity index (χ1) is 2.83. The summed E-state index contributed by atoms with van der Waals surface area (Å²) in [4.78, 5) is 16.5. The summed E-state index contributed by atoms with van der Waals surface area (Å²) in [5.41, 5.74) is 0. The third kappa shape index (κ3) is 314. The zero-order valence-electron chi connectivity index (χ0n) is 3.67. The number of rotatable bonds is 0. The fourth-order valence-electron chi connectivity index (χ4n) is 0. The predicted octanol–water partition coefficient (Wildman–Crippen LogP) is -4.09. The van der Waals surface area contributed by atoms with Gasteiger partial charge in [0.1, 0.15) is 0 Å². The molecule has 0 saturated heterocycles. The van der Waals surface area contributed by atoms with Crippen molar-refractivity contribution in [3.05, 3.63) is 0 Å². The number of carbonyl (C=O) groups is 2. The van der Waals surface area contributed by atoms with Crippen LogP contribution in [0, 0.1) is 0 Å². The van der Waals surface area contributed by atoms with E-state index in [1.165, 1.54) is 0 Å². The summed E-state index contributed by atoms with van der Waals surface area (Å²) in [6.07, 6.45) is 0. The minimum Gasteiger partial charge on any atom is -0.554 e. The van der Waals surface area contributed by atoms with Crippen LogP contribution in [0.4, 0.5) is 0 Å². The summed E-state index contributed by atoms with van der Waals surface area (Å²) in [7, 11) is 0. The Bertz CT molecular complexity index is 31.4. The fourth-order valence-corrected chi connectivity index (χ4v) is 0. The fraction of sp³-hybridized carbons (Fsp3) is 0. The van der Waals surface area contributed by atoms with Crippen molar-refractivity contribution in [2.45, 2.75) is 0 Å². The standard InChI is InChI=1S/2CH2O2.Mn.H2O/c2*2-1-3;;/h2*1H,(H,2,3);;1H2/q;;+2;/p-2. The molecule has 0 saturated carbocycles. The van der Waals surface area contributed by atoms with Crippen molar-refractivity contribution in [1.29, 1.82) is 0 Å². The number of carbonyl (C=O) groups excluding carboxylic acids is 2. The van der Waals surface area contributed by atoms with Crippen LogP contribution in [0.5, 0.6) is 0 Å². The SMILES string of the molecule is O.O=C[O-].O=C[O-].[Mn+2]. The van der Waals surface area contributed by atoms with Crippen LogP contribution in [0.15, 0.2) is 0 Å². The normalized spacial score (nSPS) is 3.00. The summed E-state index contributed by atoms with van der Waals surface area (Å²) in [5.74, 6) is 0. The Balaban J connectivity index is -0.0000000160. The number of carboxylic acid groups (broad SMARTS) is 2. The van der Waals surface area contributed by atoms with Crippen molar-refractivity contribution < 1.29 is 42.3 Å². The molecule has 0 rings (SSSR count). The van der Waals surface area contributed by atoms with E-state index in [2.05, 4.69) is 0 Å². The summed E-state index contributed by atoms with van der Waals surface area (Å²) in [5, 5.41) is 16.5. The number of hydrogen-bond donors (Lipinski definition) is 0. The average Bonchev–Trinajstić information content (AvgIpc) is 1.39. The third-order valence-electron chi connectivity index (χ3n) is 0. The Labute approximate surface area is 56.1 Å². The van der Waals surface area contributed by atoms with E-state index in [-0.39, 0.29) is 22.5 Å². The van der Waals surface area contributed by atoms with Gasteiger partial charge in [-0.25, -0.2) is 0 Å². The second-order valence-corrected chi connectivity index (χ2v) is 0.192. The zero-order chi connectivity index (χ0) is 5.41. The predicted molar refractivity (Wildman–Crippen MR) is 15.7 cm³/mol. The van der Waals surface area contributed by atoms with Gasteiger partial charge < -0.3 is 25.3 Å². The van der Waals surface area contributed by atoms with Crippen LogP contribution in [0.1, 0.15) is 0 Å². The second-order valence-electron chi connectivity index (χ2n) is 0.192. The van der Waals surface area contributed by atoms with Crippen LogP contribution in [-0.2, 0) is 26.7 Å². The average molecular weight is 163 g/mol. The van der Waals surface area contributed by atoms with E-state index < -0.39 is 12.9 Å². The van der Waals surface area contributed by atoms with Crippen LogP contribution < -0.4 is 10.2 Å². The first kappa shape index (κ1) is 26.1. The molecule has 0 aliphatic rings. The van der Waals surface area contributed by atoms with Crippen molar-refractivity contribution in [2.24, 2.45) is 0 Å². The van der Waals surface area contributed by atoms with Crippen molar-refractivity contribution >= 4 is 12.9 Å². The Morgan fingerprint density at radius 2 is 1.00 bits per heavy atom. The van der Waals surface area contributed by atoms with Crippen LogP contribution in [0.25, 0.3) is 0 Å². The monoisotopic (exact) mass is 163 g/mol. The molecule has 0 bridgehead atoms. The molecule has 2 N–H and O–H groups in total. The van der Waals surface area contributed by atoms with Crippen LogP contribution in [0.2, 0.25) is 0 Å². The summed E-state index contributed by atoms with van der Waals surface area (Å²) >= 11 is 0. The quantitative estimate of drug-likeness (QED) is 0.266. The molecule has 0 aliphatic carbocycles. The maximum atomic E-state index is 8.25. The topological polar surface area (TPSA) is 112 Å². The van der Waals surface area contributed by atoms with E-state index in [4.69, 9.17) is 19.8 Å². The molecule has 1 radical (unpaired) electrons. The Hall–Kier alpha value is -0.581. The molecule has 0 unspecified atom stereocenters. The largest absolute Gasteiger partial charge is 2.00 e. The maximum absolute atomic E-state index is 8.25. The Morgan fingerprint density at radius 1 is 1.00 bits per heavy atom. The summed E-state index contributed by atoms with van der Waals surface area (Å²) in [6, 6.07) is 0. The number of hydrogen-bond acceptors (Lipinski definition) is 4. The van der Waals surface area contributed by atoms with E-state index in [9.17, 15) is 0 Å². The molecule has 0 heterocycles. The van der Waals surface area contributed by atoms with E-state index in [1.807, 2.05) is 0 Å². The summed E-state index contributed by atoms with van der Waals surface area (Å²) < 4.78 is 0. The minimum absolute atomic E-state index is 0. The Kier molecular flexibility index (Phi) is 306. The molecular formula is C2H4MnO5. The van der Waals surface area contributed by atoms with Gasteiger partial charge in [0.15, 0.2) is 0 Å². The zero-order valence-corrected chi connectivity index (χ0v) is 4.85. The van der Waals surface area contributed by atoms with Crippen molar-refractivity contribution in [2.75, 3.05) is 0 Å². The molecule has 0 spiro atoms. The first-order valence-corrected chi connectivity index (χ1v) is 0.943. The molecule has 0 aromatic carbocycles. The van der Waals surface area contributed by atoms with E-state index in [0.29, 0.717) is 0 Å². The molecule has 5 nitrogen and oxygen atoms in total. The van der Waals surface area contributed by atoms with E-state index >= 15 is 0 Å². The molecule has 0 aromatic heterocycles. The van der Waals surface area contributed by atoms with Gasteiger partial charge in [-0.15, -0.1) is 0 Å². The van der Waals surface area contributed by atoms with Gasteiger partial charge in [-0.1, -0.05) is 0 Å². The van der Waals surface area contributed by atoms with Crippen molar-refractivity contribution in [3.63, 3.8) is 0 Å². The van der Waals surface area contributed by atoms with Gasteiger partial charge in [0.2, 0.25) is 0 Å². The van der Waals surface area contributed by atoms with Crippen molar-refractivity contribution in [1.82, 2.24) is 0 Å². The van der Waals surface area contributed by atoms with Gasteiger partial charge in [0.25, 0.3) is 0 Å². The third-order valence-corrected chi connectivity index (χ3v) is 0. The Morgan fingerprint density at radius 3 is 1.00 bits per heavy atom. The minimum atomic E-state index is -0.500. The molecule has 0 atom stereocenters. The van der Waals surface area contributed by atoms with Crippen molar-refractivity contribution in [3.8, 4) is 0 Å².